The van der Waals surface area contributed by atoms with Gasteiger partial charge in [0.1, 0.15) is 31.0 Å². The van der Waals surface area contributed by atoms with Crippen molar-refractivity contribution < 1.29 is 49.0 Å². The molecule has 310 valence electrons. The molecule has 6 unspecified atom stereocenters. The molecule has 0 aromatic heterocycles. The molecule has 0 bridgehead atoms. The minimum atomic E-state index is -1.61. The highest BCUT2D eigenvalue weighted by Gasteiger charge is 2.44. The van der Waals surface area contributed by atoms with Gasteiger partial charge in [-0.05, 0) is 83.5 Å². The van der Waals surface area contributed by atoms with Crippen molar-refractivity contribution in [3.8, 4) is 0 Å². The van der Waals surface area contributed by atoms with E-state index < -0.39 is 55.4 Å². The summed E-state index contributed by atoms with van der Waals surface area (Å²) in [6.07, 6.45) is 38.5. The van der Waals surface area contributed by atoms with E-state index >= 15 is 0 Å². The Hall–Kier alpha value is -3.38. The van der Waals surface area contributed by atoms with Gasteiger partial charge in [0.15, 0.2) is 12.4 Å². The lowest BCUT2D eigenvalue weighted by Crippen LogP contribution is -2.59. The van der Waals surface area contributed by atoms with E-state index in [1.54, 1.807) is 0 Å². The van der Waals surface area contributed by atoms with Gasteiger partial charge >= 0.3 is 11.9 Å². The van der Waals surface area contributed by atoms with Crippen molar-refractivity contribution in [2.75, 3.05) is 19.8 Å². The van der Waals surface area contributed by atoms with Crippen LogP contribution in [0.4, 0.5) is 0 Å². The molecule has 0 radical (unpaired) electrons. The molecular weight excluding hydrogens is 700 g/mol. The average molecular weight is 771 g/mol. The summed E-state index contributed by atoms with van der Waals surface area (Å²) in [7, 11) is 0. The second-order valence-electron chi connectivity index (χ2n) is 13.3. The van der Waals surface area contributed by atoms with Crippen LogP contribution in [0.5, 0.6) is 0 Å². The molecular formula is C45H70O10. The lowest BCUT2D eigenvalue weighted by molar-refractivity contribution is -0.305. The highest BCUT2D eigenvalue weighted by Crippen LogP contribution is 2.22. The van der Waals surface area contributed by atoms with Crippen molar-refractivity contribution >= 4 is 11.9 Å². The van der Waals surface area contributed by atoms with Crippen molar-refractivity contribution in [1.82, 2.24) is 0 Å². The third-order valence-electron chi connectivity index (χ3n) is 8.46. The molecule has 10 nitrogen and oxygen atoms in total. The second-order valence-corrected chi connectivity index (χ2v) is 13.3. The maximum atomic E-state index is 12.7. The van der Waals surface area contributed by atoms with E-state index in [1.807, 2.05) is 6.08 Å². The lowest BCUT2D eigenvalue weighted by atomic mass is 9.99. The molecule has 0 aliphatic carbocycles. The maximum Gasteiger partial charge on any atom is 0.306 e. The van der Waals surface area contributed by atoms with Gasteiger partial charge in [-0.2, -0.15) is 0 Å². The minimum absolute atomic E-state index is 0.139. The number of carbonyl (C=O) groups excluding carboxylic acids is 2. The van der Waals surface area contributed by atoms with Gasteiger partial charge in [0.2, 0.25) is 0 Å². The van der Waals surface area contributed by atoms with Crippen LogP contribution < -0.4 is 0 Å². The van der Waals surface area contributed by atoms with Crippen LogP contribution >= 0.6 is 0 Å². The molecule has 4 N–H and O–H groups in total. The molecule has 6 atom stereocenters. The monoisotopic (exact) mass is 770 g/mol. The number of hydrogen-bond donors (Lipinski definition) is 4. The maximum absolute atomic E-state index is 12.7. The van der Waals surface area contributed by atoms with E-state index in [4.69, 9.17) is 18.9 Å². The van der Waals surface area contributed by atoms with Gasteiger partial charge in [-0.15, -0.1) is 0 Å². The van der Waals surface area contributed by atoms with E-state index in [0.29, 0.717) is 19.3 Å². The minimum Gasteiger partial charge on any atom is -0.462 e. The summed E-state index contributed by atoms with van der Waals surface area (Å²) in [6, 6.07) is 0. The van der Waals surface area contributed by atoms with E-state index in [1.165, 1.54) is 0 Å². The van der Waals surface area contributed by atoms with Crippen LogP contribution in [0.1, 0.15) is 117 Å². The molecule has 0 amide bonds. The number of unbranched alkanes of at least 4 members (excludes halogenated alkanes) is 4. The zero-order valence-electron chi connectivity index (χ0n) is 33.4. The fraction of sp³-hybridized carbons (Fsp3) is 0.600. The molecule has 1 aliphatic rings. The van der Waals surface area contributed by atoms with Crippen molar-refractivity contribution in [2.45, 2.75) is 153 Å². The summed E-state index contributed by atoms with van der Waals surface area (Å²) >= 11 is 0. The van der Waals surface area contributed by atoms with Gasteiger partial charge in [-0.1, -0.05) is 117 Å². The first-order valence-corrected chi connectivity index (χ1v) is 20.3. The highest BCUT2D eigenvalue weighted by molar-refractivity contribution is 5.70. The SMILES string of the molecule is CC/C=C\C/C=C\C/C=C\C/C=C\C/C=C\CCCC(=O)OC(COC(=O)CCCCC/C=C\C/C=C\C/C=C\CC)COC1OC(CO)C(O)C(O)C1O. The first-order chi connectivity index (χ1) is 26.8. The molecule has 55 heavy (non-hydrogen) atoms. The summed E-state index contributed by atoms with van der Waals surface area (Å²) < 4.78 is 22.0. The van der Waals surface area contributed by atoms with E-state index in [9.17, 15) is 30.0 Å². The number of rotatable bonds is 31. The molecule has 0 saturated carbocycles. The van der Waals surface area contributed by atoms with Crippen LogP contribution in [0, 0.1) is 0 Å². The number of esters is 2. The number of ether oxygens (including phenoxy) is 4. The Morgan fingerprint density at radius 2 is 1.04 bits per heavy atom. The normalized spacial score (nSPS) is 21.6. The molecule has 1 rings (SSSR count). The Balaban J connectivity index is 2.46. The van der Waals surface area contributed by atoms with E-state index in [0.717, 1.165) is 70.6 Å². The topological polar surface area (TPSA) is 152 Å². The second kappa shape index (κ2) is 35.1. The third-order valence-corrected chi connectivity index (χ3v) is 8.46. The van der Waals surface area contributed by atoms with Gasteiger partial charge in [0, 0.05) is 12.8 Å². The van der Waals surface area contributed by atoms with Crippen molar-refractivity contribution in [1.29, 1.82) is 0 Å². The lowest BCUT2D eigenvalue weighted by Gasteiger charge is -2.39. The van der Waals surface area contributed by atoms with Crippen LogP contribution in [-0.2, 0) is 28.5 Å². The molecule has 0 spiro atoms. The van der Waals surface area contributed by atoms with Gasteiger partial charge in [-0.25, -0.2) is 0 Å². The van der Waals surface area contributed by atoms with Gasteiger partial charge in [-0.3, -0.25) is 9.59 Å². The van der Waals surface area contributed by atoms with E-state index in [2.05, 4.69) is 105 Å². The molecule has 0 aromatic rings. The van der Waals surface area contributed by atoms with Crippen LogP contribution in [0.3, 0.4) is 0 Å². The highest BCUT2D eigenvalue weighted by atomic mass is 16.7. The van der Waals surface area contributed by atoms with Gasteiger partial charge < -0.3 is 39.4 Å². The summed E-state index contributed by atoms with van der Waals surface area (Å²) in [5.74, 6) is -0.923. The Kier molecular flexibility index (Phi) is 31.6. The number of hydrogen-bond acceptors (Lipinski definition) is 10. The van der Waals surface area contributed by atoms with Crippen LogP contribution in [0.2, 0.25) is 0 Å². The smallest absolute Gasteiger partial charge is 0.306 e. The average Bonchev–Trinajstić information content (AvgIpc) is 3.18. The predicted octanol–water partition coefficient (Wildman–Crippen LogP) is 7.99. The first-order valence-electron chi connectivity index (χ1n) is 20.3. The Morgan fingerprint density at radius 1 is 0.564 bits per heavy atom. The standard InChI is InChI=1S/C45H70O10/c1-3-5-7-9-11-13-15-17-18-19-20-22-24-26-28-30-32-34-41(48)54-38(37-53-45-44(51)43(50)42(49)39(35-46)55-45)36-52-40(47)33-31-29-27-25-23-21-16-14-12-10-8-6-4-2/h5-8,11-14,17-18,20-23,26,28,38-39,42-46,49-51H,3-4,9-10,15-16,19,24-25,27,29-37H2,1-2H3/b7-5-,8-6-,13-11-,14-12-,18-17-,22-20-,23-21-,28-26-. The molecule has 1 fully saturated rings. The number of carbonyl (C=O) groups is 2. The summed E-state index contributed by atoms with van der Waals surface area (Å²) in [5.41, 5.74) is 0. The third kappa shape index (κ3) is 27.0. The van der Waals surface area contributed by atoms with Crippen molar-refractivity contribution in [3.05, 3.63) is 97.2 Å². The van der Waals surface area contributed by atoms with Crippen LogP contribution in [0.15, 0.2) is 97.2 Å². The summed E-state index contributed by atoms with van der Waals surface area (Å²) in [6.45, 7) is 3.07. The molecule has 1 heterocycles. The molecule has 0 aromatic carbocycles. The van der Waals surface area contributed by atoms with Crippen molar-refractivity contribution in [3.63, 3.8) is 0 Å². The Bertz CT molecular complexity index is 1210. The number of aliphatic hydroxyl groups excluding tert-OH is 4. The Labute approximate surface area is 330 Å². The predicted molar refractivity (Wildman–Crippen MR) is 219 cm³/mol. The van der Waals surface area contributed by atoms with Crippen LogP contribution in [0.25, 0.3) is 0 Å². The largest absolute Gasteiger partial charge is 0.462 e. The van der Waals surface area contributed by atoms with Gasteiger partial charge in [0.25, 0.3) is 0 Å². The molecule has 10 heteroatoms. The zero-order valence-corrected chi connectivity index (χ0v) is 33.4. The fourth-order valence-corrected chi connectivity index (χ4v) is 5.29. The van der Waals surface area contributed by atoms with Gasteiger partial charge in [0.05, 0.1) is 13.2 Å². The quantitative estimate of drug-likeness (QED) is 0.0310. The van der Waals surface area contributed by atoms with Crippen LogP contribution in [-0.4, -0.2) is 89.0 Å². The summed E-state index contributed by atoms with van der Waals surface area (Å²) in [5, 5.41) is 40.0. The van der Waals surface area contributed by atoms with Crippen molar-refractivity contribution in [2.24, 2.45) is 0 Å². The first kappa shape index (κ1) is 49.6. The molecule has 1 saturated heterocycles. The summed E-state index contributed by atoms with van der Waals surface area (Å²) in [4.78, 5) is 25.2. The zero-order chi connectivity index (χ0) is 40.2. The van der Waals surface area contributed by atoms with E-state index in [-0.39, 0.29) is 26.1 Å². The fourth-order valence-electron chi connectivity index (χ4n) is 5.29. The molecule has 1 aliphatic heterocycles. The number of allylic oxidation sites excluding steroid dienone is 16. The number of aliphatic hydroxyl groups is 4. The Morgan fingerprint density at radius 3 is 1.55 bits per heavy atom.